The summed E-state index contributed by atoms with van der Waals surface area (Å²) in [5.41, 5.74) is 0.596. The number of hydrogen-bond acceptors (Lipinski definition) is 4. The Morgan fingerprint density at radius 3 is 2.58 bits per heavy atom. The molecule has 1 heterocycles. The molecule has 0 spiro atoms. The molecule has 8 heteroatoms. The lowest BCUT2D eigenvalue weighted by molar-refractivity contribution is -0.124. The van der Waals surface area contributed by atoms with Crippen LogP contribution >= 0.6 is 34.8 Å². The van der Waals surface area contributed by atoms with Crippen molar-refractivity contribution in [1.82, 2.24) is 4.98 Å². The third-order valence-corrected chi connectivity index (χ3v) is 3.82. The number of esters is 1. The SMILES string of the molecule is CCC(OC(=O)c1ccnc(Cl)c1)C(=O)Nc1ccc(Cl)cc1Cl. The van der Waals surface area contributed by atoms with Gasteiger partial charge in [0.25, 0.3) is 5.91 Å². The van der Waals surface area contributed by atoms with E-state index in [4.69, 9.17) is 39.5 Å². The van der Waals surface area contributed by atoms with Crippen LogP contribution in [0.3, 0.4) is 0 Å². The first-order chi connectivity index (χ1) is 11.4. The molecular weight excluding hydrogens is 375 g/mol. The number of halogens is 3. The topological polar surface area (TPSA) is 68.3 Å². The van der Waals surface area contributed by atoms with E-state index in [0.29, 0.717) is 17.1 Å². The summed E-state index contributed by atoms with van der Waals surface area (Å²) < 4.78 is 5.23. The number of nitrogens with one attached hydrogen (secondary N) is 1. The van der Waals surface area contributed by atoms with Crippen molar-refractivity contribution < 1.29 is 14.3 Å². The molecule has 2 aromatic rings. The van der Waals surface area contributed by atoms with Gasteiger partial charge in [-0.1, -0.05) is 41.7 Å². The summed E-state index contributed by atoms with van der Waals surface area (Å²) in [6.45, 7) is 1.72. The van der Waals surface area contributed by atoms with Crippen LogP contribution in [0.15, 0.2) is 36.5 Å². The van der Waals surface area contributed by atoms with Crippen LogP contribution in [0.4, 0.5) is 5.69 Å². The number of carbonyl (C=O) groups excluding carboxylic acids is 2. The van der Waals surface area contributed by atoms with Crippen LogP contribution in [0.2, 0.25) is 15.2 Å². The van der Waals surface area contributed by atoms with Crippen LogP contribution in [0.1, 0.15) is 23.7 Å². The number of aromatic nitrogens is 1. The molecule has 1 N–H and O–H groups in total. The molecule has 1 unspecified atom stereocenters. The average molecular weight is 388 g/mol. The van der Waals surface area contributed by atoms with Crippen LogP contribution in [-0.4, -0.2) is 23.0 Å². The third-order valence-electron chi connectivity index (χ3n) is 3.06. The van der Waals surface area contributed by atoms with Crippen molar-refractivity contribution in [3.63, 3.8) is 0 Å². The smallest absolute Gasteiger partial charge is 0.339 e. The first-order valence-corrected chi connectivity index (χ1v) is 8.12. The number of carbonyl (C=O) groups is 2. The second-order valence-corrected chi connectivity index (χ2v) is 6.01. The van der Waals surface area contributed by atoms with E-state index in [1.807, 2.05) is 0 Å². The number of hydrogen-bond donors (Lipinski definition) is 1. The Labute approximate surface area is 153 Å². The Kier molecular flexibility index (Phi) is 6.43. The predicted molar refractivity (Wildman–Crippen MR) is 93.8 cm³/mol. The van der Waals surface area contributed by atoms with Gasteiger partial charge in [0, 0.05) is 11.2 Å². The molecule has 1 amide bonds. The van der Waals surface area contributed by atoms with E-state index in [2.05, 4.69) is 10.3 Å². The highest BCUT2D eigenvalue weighted by atomic mass is 35.5. The molecule has 5 nitrogen and oxygen atoms in total. The zero-order valence-corrected chi connectivity index (χ0v) is 14.8. The van der Waals surface area contributed by atoms with Gasteiger partial charge in [0.1, 0.15) is 5.15 Å². The fourth-order valence-electron chi connectivity index (χ4n) is 1.85. The summed E-state index contributed by atoms with van der Waals surface area (Å²) in [6, 6.07) is 7.48. The standard InChI is InChI=1S/C16H13Cl3N2O3/c1-2-13(24-16(23)9-5-6-20-14(19)7-9)15(22)21-12-4-3-10(17)8-11(12)18/h3-8,13H,2H2,1H3,(H,21,22). The van der Waals surface area contributed by atoms with Gasteiger partial charge in [-0.15, -0.1) is 0 Å². The molecule has 0 aliphatic rings. The van der Waals surface area contributed by atoms with Crippen molar-refractivity contribution in [3.05, 3.63) is 57.3 Å². The highest BCUT2D eigenvalue weighted by Crippen LogP contribution is 2.25. The lowest BCUT2D eigenvalue weighted by Crippen LogP contribution is -2.32. The minimum absolute atomic E-state index is 0.162. The van der Waals surface area contributed by atoms with E-state index in [0.717, 1.165) is 0 Å². The third kappa shape index (κ3) is 4.84. The van der Waals surface area contributed by atoms with E-state index in [1.165, 1.54) is 24.4 Å². The van der Waals surface area contributed by atoms with Gasteiger partial charge >= 0.3 is 5.97 Å². The first kappa shape index (κ1) is 18.5. The van der Waals surface area contributed by atoms with Crippen molar-refractivity contribution in [2.45, 2.75) is 19.4 Å². The Bertz CT molecular complexity index is 768. The van der Waals surface area contributed by atoms with Crippen LogP contribution in [0.5, 0.6) is 0 Å². The van der Waals surface area contributed by atoms with E-state index >= 15 is 0 Å². The molecule has 1 aromatic heterocycles. The second-order valence-electron chi connectivity index (χ2n) is 4.78. The molecule has 0 radical (unpaired) electrons. The van der Waals surface area contributed by atoms with Crippen molar-refractivity contribution in [2.24, 2.45) is 0 Å². The Morgan fingerprint density at radius 2 is 1.96 bits per heavy atom. The monoisotopic (exact) mass is 386 g/mol. The fourth-order valence-corrected chi connectivity index (χ4v) is 2.48. The molecule has 1 aromatic carbocycles. The highest BCUT2D eigenvalue weighted by Gasteiger charge is 2.23. The van der Waals surface area contributed by atoms with E-state index in [1.54, 1.807) is 19.1 Å². The van der Waals surface area contributed by atoms with Crippen molar-refractivity contribution in [2.75, 3.05) is 5.32 Å². The maximum Gasteiger partial charge on any atom is 0.339 e. The molecule has 0 fully saturated rings. The number of ether oxygens (including phenoxy) is 1. The Morgan fingerprint density at radius 1 is 1.21 bits per heavy atom. The molecule has 24 heavy (non-hydrogen) atoms. The van der Waals surface area contributed by atoms with Gasteiger partial charge in [0.05, 0.1) is 16.3 Å². The van der Waals surface area contributed by atoms with Gasteiger partial charge in [-0.3, -0.25) is 4.79 Å². The average Bonchev–Trinajstić information content (AvgIpc) is 2.54. The number of amides is 1. The van der Waals surface area contributed by atoms with Crippen molar-refractivity contribution in [1.29, 1.82) is 0 Å². The lowest BCUT2D eigenvalue weighted by Gasteiger charge is -2.16. The van der Waals surface area contributed by atoms with Gasteiger partial charge in [-0.25, -0.2) is 9.78 Å². The van der Waals surface area contributed by atoms with Crippen LogP contribution in [0.25, 0.3) is 0 Å². The molecule has 0 aliphatic heterocycles. The molecule has 2 rings (SSSR count). The van der Waals surface area contributed by atoms with Gasteiger partial charge in [-0.05, 0) is 36.8 Å². The van der Waals surface area contributed by atoms with Crippen LogP contribution in [0, 0.1) is 0 Å². The number of rotatable bonds is 5. The van der Waals surface area contributed by atoms with E-state index in [-0.39, 0.29) is 15.7 Å². The van der Waals surface area contributed by atoms with Crippen molar-refractivity contribution in [3.8, 4) is 0 Å². The molecule has 0 aliphatic carbocycles. The van der Waals surface area contributed by atoms with Crippen molar-refractivity contribution >= 4 is 52.4 Å². The molecule has 0 saturated carbocycles. The molecule has 0 saturated heterocycles. The lowest BCUT2D eigenvalue weighted by atomic mass is 10.2. The highest BCUT2D eigenvalue weighted by molar-refractivity contribution is 6.36. The zero-order chi connectivity index (χ0) is 17.7. The number of benzene rings is 1. The minimum atomic E-state index is -0.976. The van der Waals surface area contributed by atoms with Gasteiger partial charge in [0.2, 0.25) is 0 Å². The van der Waals surface area contributed by atoms with Gasteiger partial charge in [-0.2, -0.15) is 0 Å². The fraction of sp³-hybridized carbons (Fsp3) is 0.188. The zero-order valence-electron chi connectivity index (χ0n) is 12.6. The number of nitrogens with zero attached hydrogens (tertiary/aromatic N) is 1. The Hall–Kier alpha value is -1.82. The summed E-state index contributed by atoms with van der Waals surface area (Å²) >= 11 is 17.6. The minimum Gasteiger partial charge on any atom is -0.449 e. The maximum atomic E-state index is 12.3. The summed E-state index contributed by atoms with van der Waals surface area (Å²) in [5, 5.41) is 3.51. The maximum absolute atomic E-state index is 12.3. The molecule has 0 bridgehead atoms. The number of pyridine rings is 1. The summed E-state index contributed by atoms with van der Waals surface area (Å²) in [4.78, 5) is 28.2. The number of anilines is 1. The Balaban J connectivity index is 2.07. The summed E-state index contributed by atoms with van der Waals surface area (Å²) in [7, 11) is 0. The quantitative estimate of drug-likeness (QED) is 0.600. The molecule has 1 atom stereocenters. The normalized spacial score (nSPS) is 11.7. The summed E-state index contributed by atoms with van der Waals surface area (Å²) in [5.74, 6) is -1.15. The van der Waals surface area contributed by atoms with Crippen LogP contribution in [-0.2, 0) is 9.53 Å². The van der Waals surface area contributed by atoms with E-state index in [9.17, 15) is 9.59 Å². The largest absolute Gasteiger partial charge is 0.449 e. The predicted octanol–water partition coefficient (Wildman–Crippen LogP) is 4.62. The first-order valence-electron chi connectivity index (χ1n) is 6.99. The van der Waals surface area contributed by atoms with Crippen LogP contribution < -0.4 is 5.32 Å². The van der Waals surface area contributed by atoms with Gasteiger partial charge in [0.15, 0.2) is 6.10 Å². The molecular formula is C16H13Cl3N2O3. The molecule has 126 valence electrons. The second kappa shape index (κ2) is 8.33. The van der Waals surface area contributed by atoms with E-state index < -0.39 is 18.0 Å². The van der Waals surface area contributed by atoms with Gasteiger partial charge < -0.3 is 10.1 Å². The summed E-state index contributed by atoms with van der Waals surface area (Å²) in [6.07, 6.45) is 0.700.